The van der Waals surface area contributed by atoms with E-state index >= 15 is 0 Å². The van der Waals surface area contributed by atoms with E-state index < -0.39 is 0 Å². The van der Waals surface area contributed by atoms with Crippen LogP contribution in [0.2, 0.25) is 0 Å². The average molecular weight is 381 g/mol. The number of nitrogens with zero attached hydrogens (tertiary/aromatic N) is 2. The van der Waals surface area contributed by atoms with Crippen molar-refractivity contribution in [3.63, 3.8) is 0 Å². The Morgan fingerprint density at radius 3 is 2.14 bits per heavy atom. The quantitative estimate of drug-likeness (QED) is 0.459. The molecule has 0 unspecified atom stereocenters. The first-order valence-corrected chi connectivity index (χ1v) is 9.56. The van der Waals surface area contributed by atoms with Gasteiger partial charge in [0.15, 0.2) is 5.69 Å². The number of nitrogens with one attached hydrogen (secondary N) is 1. The largest absolute Gasteiger partial charge is 0.493 e. The highest BCUT2D eigenvalue weighted by Crippen LogP contribution is 2.59. The van der Waals surface area contributed by atoms with Gasteiger partial charge in [-0.1, -0.05) is 78.9 Å². The van der Waals surface area contributed by atoms with Gasteiger partial charge in [-0.15, -0.1) is 10.2 Å². The number of azo groups is 1. The second-order valence-corrected chi connectivity index (χ2v) is 7.37. The summed E-state index contributed by atoms with van der Waals surface area (Å²) in [5.74, 6) is -0.637. The lowest BCUT2D eigenvalue weighted by molar-refractivity contribution is -0.119. The van der Waals surface area contributed by atoms with Crippen LogP contribution in [0.25, 0.3) is 10.9 Å². The van der Waals surface area contributed by atoms with E-state index in [0.717, 1.165) is 22.0 Å². The Hall–Kier alpha value is -3.73. The summed E-state index contributed by atoms with van der Waals surface area (Å²) < 4.78 is 0. The smallest absolute Gasteiger partial charge is 0.269 e. The first-order valence-electron chi connectivity index (χ1n) is 9.56. The zero-order valence-corrected chi connectivity index (χ0v) is 15.6. The van der Waals surface area contributed by atoms with Crippen molar-refractivity contribution in [2.75, 3.05) is 0 Å². The van der Waals surface area contributed by atoms with Gasteiger partial charge in [-0.3, -0.25) is 4.79 Å². The maximum Gasteiger partial charge on any atom is 0.269 e. The highest BCUT2D eigenvalue weighted by molar-refractivity contribution is 5.94. The van der Waals surface area contributed by atoms with Crippen molar-refractivity contribution < 1.29 is 9.90 Å². The second kappa shape index (κ2) is 6.71. The molecule has 1 atom stereocenters. The summed E-state index contributed by atoms with van der Waals surface area (Å²) in [7, 11) is 0. The predicted molar refractivity (Wildman–Crippen MR) is 111 cm³/mol. The molecule has 0 saturated heterocycles. The topological polar surface area (TPSA) is 77.8 Å². The van der Waals surface area contributed by atoms with Crippen LogP contribution in [-0.2, 0) is 10.2 Å². The van der Waals surface area contributed by atoms with Crippen LogP contribution in [0.5, 0.6) is 5.88 Å². The number of hydrogen-bond donors (Lipinski definition) is 2. The number of carbonyl (C=O) groups excluding carboxylic acids is 1. The number of para-hydroxylation sites is 1. The van der Waals surface area contributed by atoms with Crippen molar-refractivity contribution in [3.8, 4) is 5.88 Å². The first kappa shape index (κ1) is 17.4. The van der Waals surface area contributed by atoms with Gasteiger partial charge in [-0.25, -0.2) is 0 Å². The lowest BCUT2D eigenvalue weighted by Gasteiger charge is -2.17. The van der Waals surface area contributed by atoms with Gasteiger partial charge in [0.1, 0.15) is 0 Å². The minimum atomic E-state index is -0.374. The van der Waals surface area contributed by atoms with Crippen LogP contribution in [0.15, 0.2) is 95.2 Å². The molecule has 29 heavy (non-hydrogen) atoms. The van der Waals surface area contributed by atoms with Gasteiger partial charge in [0.2, 0.25) is 5.88 Å². The molecule has 0 spiro atoms. The minimum absolute atomic E-state index is 0.0871. The van der Waals surface area contributed by atoms with Gasteiger partial charge < -0.3 is 10.1 Å². The molecule has 1 amide bonds. The Kier molecular flexibility index (Phi) is 4.02. The summed E-state index contributed by atoms with van der Waals surface area (Å²) in [5, 5.41) is 19.0. The zero-order chi connectivity index (χ0) is 19.8. The fourth-order valence-corrected chi connectivity index (χ4v) is 4.22. The number of carbonyl (C=O) groups is 1. The molecule has 142 valence electrons. The summed E-state index contributed by atoms with van der Waals surface area (Å²) >= 11 is 0. The molecule has 3 aromatic carbocycles. The van der Waals surface area contributed by atoms with Crippen molar-refractivity contribution in [2.24, 2.45) is 16.1 Å². The fraction of sp³-hybridized carbons (Fsp3) is 0.125. The molecule has 0 radical (unpaired) electrons. The van der Waals surface area contributed by atoms with Crippen LogP contribution in [-0.4, -0.2) is 16.0 Å². The van der Waals surface area contributed by atoms with E-state index in [9.17, 15) is 9.90 Å². The molecule has 2 N–H and O–H groups in total. The number of rotatable bonds is 4. The molecule has 1 heterocycles. The first-order chi connectivity index (χ1) is 14.2. The molecule has 0 aliphatic heterocycles. The van der Waals surface area contributed by atoms with E-state index in [2.05, 4.69) is 39.5 Å². The standard InChI is InChI=1S/C24H19N3O2/c28-22(27-26-21-18-13-7-8-14-20(18)25-23(21)29)19-15-24(19,16-9-3-1-4-10-16)17-11-5-2-6-12-17/h1-14,19,25,29H,15H2/t19-/m1/s1. The molecule has 1 aliphatic rings. The molecular weight excluding hydrogens is 362 g/mol. The van der Waals surface area contributed by atoms with Crippen molar-refractivity contribution in [2.45, 2.75) is 11.8 Å². The van der Waals surface area contributed by atoms with Crippen molar-refractivity contribution >= 4 is 22.5 Å². The summed E-state index contributed by atoms with van der Waals surface area (Å²) in [5.41, 5.74) is 2.88. The van der Waals surface area contributed by atoms with Crippen molar-refractivity contribution in [1.29, 1.82) is 0 Å². The Bertz CT molecular complexity index is 1170. The number of aromatic hydroxyl groups is 1. The Balaban J connectivity index is 1.48. The van der Waals surface area contributed by atoms with Gasteiger partial charge in [0, 0.05) is 10.8 Å². The molecule has 5 nitrogen and oxygen atoms in total. The molecule has 0 bridgehead atoms. The van der Waals surface area contributed by atoms with Crippen molar-refractivity contribution in [3.05, 3.63) is 96.1 Å². The maximum atomic E-state index is 13.0. The highest BCUT2D eigenvalue weighted by Gasteiger charge is 2.60. The summed E-state index contributed by atoms with van der Waals surface area (Å²) in [4.78, 5) is 15.8. The lowest BCUT2D eigenvalue weighted by atomic mass is 9.85. The molecule has 5 heteroatoms. The van der Waals surface area contributed by atoms with Crippen LogP contribution in [0.4, 0.5) is 5.69 Å². The van der Waals surface area contributed by atoms with E-state index in [1.165, 1.54) is 0 Å². The van der Waals surface area contributed by atoms with Crippen LogP contribution in [0, 0.1) is 5.92 Å². The molecular formula is C24H19N3O2. The Morgan fingerprint density at radius 1 is 0.897 bits per heavy atom. The molecule has 4 aromatic rings. The number of benzene rings is 3. The second-order valence-electron chi connectivity index (χ2n) is 7.37. The van der Waals surface area contributed by atoms with Gasteiger partial charge >= 0.3 is 0 Å². The predicted octanol–water partition coefficient (Wildman–Crippen LogP) is 5.49. The van der Waals surface area contributed by atoms with Crippen LogP contribution in [0.1, 0.15) is 17.5 Å². The Morgan fingerprint density at radius 2 is 1.48 bits per heavy atom. The lowest BCUT2D eigenvalue weighted by Crippen LogP contribution is -2.16. The Labute approximate surface area is 167 Å². The summed E-state index contributed by atoms with van der Waals surface area (Å²) in [6.45, 7) is 0. The van der Waals surface area contributed by atoms with E-state index in [1.807, 2.05) is 60.7 Å². The van der Waals surface area contributed by atoms with E-state index in [0.29, 0.717) is 12.1 Å². The third-order valence-electron chi connectivity index (χ3n) is 5.74. The van der Waals surface area contributed by atoms with Gasteiger partial charge in [-0.2, -0.15) is 0 Å². The average Bonchev–Trinajstić information content (AvgIpc) is 3.45. The van der Waals surface area contributed by atoms with E-state index in [-0.39, 0.29) is 23.1 Å². The van der Waals surface area contributed by atoms with Crippen LogP contribution >= 0.6 is 0 Å². The van der Waals surface area contributed by atoms with Crippen LogP contribution in [0.3, 0.4) is 0 Å². The SMILES string of the molecule is O=C(N=Nc1c(O)[nH]c2ccccc12)[C@H]1CC1(c1ccccc1)c1ccccc1. The van der Waals surface area contributed by atoms with E-state index in [1.54, 1.807) is 0 Å². The maximum absolute atomic E-state index is 13.0. The van der Waals surface area contributed by atoms with Crippen molar-refractivity contribution in [1.82, 2.24) is 4.98 Å². The number of H-pyrrole nitrogens is 1. The molecule has 1 fully saturated rings. The van der Waals surface area contributed by atoms with Gasteiger partial charge in [-0.05, 0) is 23.6 Å². The van der Waals surface area contributed by atoms with Gasteiger partial charge in [0.25, 0.3) is 5.91 Å². The minimum Gasteiger partial charge on any atom is -0.493 e. The fourth-order valence-electron chi connectivity index (χ4n) is 4.22. The third-order valence-corrected chi connectivity index (χ3v) is 5.74. The highest BCUT2D eigenvalue weighted by atomic mass is 16.3. The molecule has 1 aromatic heterocycles. The monoisotopic (exact) mass is 381 g/mol. The molecule has 1 aliphatic carbocycles. The summed E-state index contributed by atoms with van der Waals surface area (Å²) in [6, 6.07) is 27.5. The van der Waals surface area contributed by atoms with E-state index in [4.69, 9.17) is 0 Å². The molecule has 1 saturated carbocycles. The number of aromatic amines is 1. The number of aromatic nitrogens is 1. The van der Waals surface area contributed by atoms with Crippen LogP contribution < -0.4 is 0 Å². The summed E-state index contributed by atoms with van der Waals surface area (Å²) in [6.07, 6.45) is 0.693. The third kappa shape index (κ3) is 2.83. The zero-order valence-electron chi connectivity index (χ0n) is 15.6. The number of hydrogen-bond acceptors (Lipinski definition) is 3. The molecule has 5 rings (SSSR count). The number of fused-ring (bicyclic) bond motifs is 1. The van der Waals surface area contributed by atoms with Gasteiger partial charge in [0.05, 0.1) is 11.4 Å². The number of amides is 1. The normalized spacial score (nSPS) is 17.6.